The van der Waals surface area contributed by atoms with Crippen LogP contribution >= 0.6 is 0 Å². The lowest BCUT2D eigenvalue weighted by molar-refractivity contribution is -0.128. The molecule has 7 heteroatoms. The van der Waals surface area contributed by atoms with Crippen LogP contribution in [0.5, 0.6) is 0 Å². The molecular formula is C13H20FN5O. The molecule has 0 aromatic carbocycles. The lowest BCUT2D eigenvalue weighted by Crippen LogP contribution is -2.34. The number of nitrogens with one attached hydrogen (secondary N) is 1. The zero-order valence-electron chi connectivity index (χ0n) is 11.9. The van der Waals surface area contributed by atoms with Gasteiger partial charge in [-0.1, -0.05) is 0 Å². The van der Waals surface area contributed by atoms with Gasteiger partial charge in [-0.15, -0.1) is 0 Å². The third kappa shape index (κ3) is 3.34. The van der Waals surface area contributed by atoms with Gasteiger partial charge < -0.3 is 15.1 Å². The third-order valence-electron chi connectivity index (χ3n) is 3.30. The van der Waals surface area contributed by atoms with Crippen LogP contribution in [-0.2, 0) is 4.79 Å². The summed E-state index contributed by atoms with van der Waals surface area (Å²) in [6.07, 6.45) is 1.99. The molecule has 1 aliphatic rings. The van der Waals surface area contributed by atoms with Gasteiger partial charge in [-0.3, -0.25) is 4.79 Å². The van der Waals surface area contributed by atoms with Crippen LogP contribution in [0.1, 0.15) is 20.3 Å². The number of halogens is 1. The Morgan fingerprint density at radius 3 is 2.90 bits per heavy atom. The summed E-state index contributed by atoms with van der Waals surface area (Å²) in [6.45, 7) is 6.74. The number of hydrogen-bond donors (Lipinski definition) is 1. The van der Waals surface area contributed by atoms with Crippen molar-refractivity contribution in [3.8, 4) is 0 Å². The zero-order valence-corrected chi connectivity index (χ0v) is 11.9. The molecule has 0 atom stereocenters. The van der Waals surface area contributed by atoms with Crippen molar-refractivity contribution in [3.63, 3.8) is 0 Å². The van der Waals surface area contributed by atoms with Crippen LogP contribution in [0.2, 0.25) is 0 Å². The lowest BCUT2D eigenvalue weighted by atomic mass is 10.3. The first kappa shape index (κ1) is 14.5. The number of hydrogen-bond acceptors (Lipinski definition) is 5. The molecule has 0 spiro atoms. The third-order valence-corrected chi connectivity index (χ3v) is 3.30. The van der Waals surface area contributed by atoms with E-state index in [1.165, 1.54) is 6.20 Å². The zero-order chi connectivity index (χ0) is 14.5. The van der Waals surface area contributed by atoms with Gasteiger partial charge in [-0.05, 0) is 13.3 Å². The van der Waals surface area contributed by atoms with E-state index < -0.39 is 5.82 Å². The highest BCUT2D eigenvalue weighted by atomic mass is 19.1. The summed E-state index contributed by atoms with van der Waals surface area (Å²) >= 11 is 0. The van der Waals surface area contributed by atoms with Gasteiger partial charge in [0, 0.05) is 39.6 Å². The van der Waals surface area contributed by atoms with E-state index in [4.69, 9.17) is 0 Å². The Morgan fingerprint density at radius 2 is 2.20 bits per heavy atom. The van der Waals surface area contributed by atoms with Gasteiger partial charge in [-0.2, -0.15) is 4.98 Å². The Balaban J connectivity index is 2.14. The summed E-state index contributed by atoms with van der Waals surface area (Å²) in [5, 5.41) is 2.98. The van der Waals surface area contributed by atoms with Gasteiger partial charge in [0.2, 0.25) is 11.9 Å². The van der Waals surface area contributed by atoms with Crippen LogP contribution in [0.3, 0.4) is 0 Å². The summed E-state index contributed by atoms with van der Waals surface area (Å²) in [6, 6.07) is 0. The minimum Gasteiger partial charge on any atom is -0.354 e. The second kappa shape index (κ2) is 6.49. The molecule has 1 aromatic heterocycles. The molecule has 0 bridgehead atoms. The average Bonchev–Trinajstić information content (AvgIpc) is 2.67. The summed E-state index contributed by atoms with van der Waals surface area (Å²) in [5.41, 5.74) is 0. The highest BCUT2D eigenvalue weighted by Gasteiger charge is 2.20. The van der Waals surface area contributed by atoms with Crippen molar-refractivity contribution in [1.82, 2.24) is 14.9 Å². The number of aromatic nitrogens is 2. The van der Waals surface area contributed by atoms with Crippen molar-refractivity contribution in [3.05, 3.63) is 12.0 Å². The van der Waals surface area contributed by atoms with E-state index >= 15 is 0 Å². The number of anilines is 2. The summed E-state index contributed by atoms with van der Waals surface area (Å²) in [4.78, 5) is 23.2. The largest absolute Gasteiger partial charge is 0.354 e. The minimum atomic E-state index is -0.428. The Morgan fingerprint density at radius 1 is 1.40 bits per heavy atom. The molecule has 0 unspecified atom stereocenters. The highest BCUT2D eigenvalue weighted by molar-refractivity contribution is 5.73. The van der Waals surface area contributed by atoms with E-state index in [9.17, 15) is 9.18 Å². The van der Waals surface area contributed by atoms with Crippen LogP contribution in [0.25, 0.3) is 0 Å². The molecule has 0 radical (unpaired) electrons. The summed E-state index contributed by atoms with van der Waals surface area (Å²) < 4.78 is 13.9. The first-order valence-corrected chi connectivity index (χ1v) is 6.88. The van der Waals surface area contributed by atoms with E-state index in [0.717, 1.165) is 6.42 Å². The van der Waals surface area contributed by atoms with E-state index in [1.54, 1.807) is 11.8 Å². The molecule has 1 amide bonds. The Hall–Kier alpha value is -1.92. The van der Waals surface area contributed by atoms with Gasteiger partial charge in [0.05, 0.1) is 6.20 Å². The average molecular weight is 281 g/mol. The predicted octanol–water partition coefficient (Wildman–Crippen LogP) is 1.11. The number of amides is 1. The molecule has 0 aliphatic carbocycles. The Kier molecular flexibility index (Phi) is 4.70. The minimum absolute atomic E-state index is 0.0587. The predicted molar refractivity (Wildman–Crippen MR) is 75.2 cm³/mol. The first-order valence-electron chi connectivity index (χ1n) is 6.88. The maximum absolute atomic E-state index is 13.9. The number of nitrogens with zero attached hydrogens (tertiary/aromatic N) is 4. The van der Waals surface area contributed by atoms with E-state index in [1.807, 2.05) is 11.8 Å². The fourth-order valence-electron chi connectivity index (χ4n) is 2.27. The molecule has 2 heterocycles. The summed E-state index contributed by atoms with van der Waals surface area (Å²) in [5.74, 6) is 0.365. The molecule has 0 saturated carbocycles. The normalized spacial score (nSPS) is 15.9. The van der Waals surface area contributed by atoms with E-state index in [2.05, 4.69) is 15.3 Å². The lowest BCUT2D eigenvalue weighted by Gasteiger charge is -2.22. The van der Waals surface area contributed by atoms with Crippen LogP contribution in [0, 0.1) is 5.82 Å². The molecule has 1 N–H and O–H groups in total. The highest BCUT2D eigenvalue weighted by Crippen LogP contribution is 2.19. The van der Waals surface area contributed by atoms with Crippen molar-refractivity contribution in [2.45, 2.75) is 20.3 Å². The first-order chi connectivity index (χ1) is 9.61. The van der Waals surface area contributed by atoms with Gasteiger partial charge >= 0.3 is 0 Å². The van der Waals surface area contributed by atoms with E-state index in [-0.39, 0.29) is 5.91 Å². The number of rotatable bonds is 3. The molecule has 2 rings (SSSR count). The number of carbonyl (C=O) groups excluding carboxylic acids is 1. The maximum atomic E-state index is 13.9. The quantitative estimate of drug-likeness (QED) is 0.899. The van der Waals surface area contributed by atoms with Crippen molar-refractivity contribution in [2.24, 2.45) is 0 Å². The fourth-order valence-corrected chi connectivity index (χ4v) is 2.27. The second-order valence-electron chi connectivity index (χ2n) is 4.74. The van der Waals surface area contributed by atoms with Crippen molar-refractivity contribution < 1.29 is 9.18 Å². The topological polar surface area (TPSA) is 61.4 Å². The van der Waals surface area contributed by atoms with E-state index in [0.29, 0.717) is 44.5 Å². The molecule has 1 aromatic rings. The smallest absolute Gasteiger partial charge is 0.224 e. The van der Waals surface area contributed by atoms with Gasteiger partial charge in [0.1, 0.15) is 0 Å². The van der Waals surface area contributed by atoms with Crippen LogP contribution in [-0.4, -0.2) is 53.5 Å². The number of carbonyl (C=O) groups is 1. The molecule has 6 nitrogen and oxygen atoms in total. The summed E-state index contributed by atoms with van der Waals surface area (Å²) in [7, 11) is 0. The van der Waals surface area contributed by atoms with Crippen molar-refractivity contribution in [1.29, 1.82) is 0 Å². The molecule has 1 aliphatic heterocycles. The van der Waals surface area contributed by atoms with Gasteiger partial charge in [-0.25, -0.2) is 9.37 Å². The fraction of sp³-hybridized carbons (Fsp3) is 0.615. The van der Waals surface area contributed by atoms with Crippen LogP contribution < -0.4 is 10.2 Å². The molecule has 1 saturated heterocycles. The van der Waals surface area contributed by atoms with Gasteiger partial charge in [0.15, 0.2) is 11.6 Å². The molecular weight excluding hydrogens is 261 g/mol. The standard InChI is InChI=1S/C13H20FN5O/c1-3-15-13-16-9-11(14)12(17-13)19-6-4-5-18(7-8-19)10(2)20/h9H,3-8H2,1-2H3,(H,15,16,17). The second-order valence-corrected chi connectivity index (χ2v) is 4.74. The van der Waals surface area contributed by atoms with Gasteiger partial charge in [0.25, 0.3) is 0 Å². The molecule has 1 fully saturated rings. The van der Waals surface area contributed by atoms with Crippen molar-refractivity contribution >= 4 is 17.7 Å². The molecule has 20 heavy (non-hydrogen) atoms. The SMILES string of the molecule is CCNc1ncc(F)c(N2CCCN(C(C)=O)CC2)n1. The van der Waals surface area contributed by atoms with Crippen LogP contribution in [0.4, 0.5) is 16.2 Å². The van der Waals surface area contributed by atoms with Crippen LogP contribution in [0.15, 0.2) is 6.20 Å². The maximum Gasteiger partial charge on any atom is 0.224 e. The molecule has 110 valence electrons. The van der Waals surface area contributed by atoms with Crippen molar-refractivity contribution in [2.75, 3.05) is 42.9 Å². The monoisotopic (exact) mass is 281 g/mol. The Bertz CT molecular complexity index is 482. The Labute approximate surface area is 118 Å².